The molecule has 2 heterocycles. The number of hydrogen-bond acceptors (Lipinski definition) is 8. The smallest absolute Gasteiger partial charge is 0.279 e. The van der Waals surface area contributed by atoms with E-state index in [1.165, 1.54) is 33.0 Å². The second-order valence-electron chi connectivity index (χ2n) is 11.8. The molecule has 0 aromatic heterocycles. The van der Waals surface area contributed by atoms with Crippen LogP contribution in [0.3, 0.4) is 0 Å². The summed E-state index contributed by atoms with van der Waals surface area (Å²) in [4.78, 5) is 45.9. The molecule has 2 fully saturated rings. The first kappa shape index (κ1) is 36.1. The molecule has 3 atom stereocenters. The van der Waals surface area contributed by atoms with Gasteiger partial charge in [-0.1, -0.05) is 24.0 Å². The third-order valence-electron chi connectivity index (χ3n) is 8.35. The Morgan fingerprint density at radius 1 is 0.851 bits per heavy atom. The Balaban J connectivity index is 1.24. The fraction of sp³-hybridized carbons (Fsp3) is 0.528. The number of hydrogen-bond donors (Lipinski definition) is 2. The van der Waals surface area contributed by atoms with Crippen molar-refractivity contribution in [2.75, 3.05) is 47.1 Å². The van der Waals surface area contributed by atoms with Gasteiger partial charge < -0.3 is 29.2 Å². The van der Waals surface area contributed by atoms with Gasteiger partial charge in [0.05, 0.1) is 13.2 Å². The largest absolute Gasteiger partial charge is 0.381 e. The van der Waals surface area contributed by atoms with E-state index in [1.807, 2.05) is 24.3 Å². The summed E-state index contributed by atoms with van der Waals surface area (Å²) in [5.74, 6) is 4.31. The summed E-state index contributed by atoms with van der Waals surface area (Å²) >= 11 is 0. The zero-order chi connectivity index (χ0) is 33.5. The molecule has 2 aromatic carbocycles. The fourth-order valence-corrected chi connectivity index (χ4v) is 5.18. The summed E-state index contributed by atoms with van der Waals surface area (Å²) in [5, 5.41) is 2.47. The monoisotopic (exact) mass is 649 g/mol. The minimum absolute atomic E-state index is 0.0526. The Kier molecular flexibility index (Phi) is 14.2. The van der Waals surface area contributed by atoms with E-state index in [2.05, 4.69) is 22.6 Å². The molecule has 2 saturated heterocycles. The van der Waals surface area contributed by atoms with Gasteiger partial charge in [0.15, 0.2) is 18.1 Å². The quantitative estimate of drug-likeness (QED) is 0.137. The van der Waals surface area contributed by atoms with Gasteiger partial charge in [-0.2, -0.15) is 0 Å². The average molecular weight is 650 g/mol. The summed E-state index contributed by atoms with van der Waals surface area (Å²) in [7, 11) is 2.81. The number of carbonyl (C=O) groups is 3. The van der Waals surface area contributed by atoms with E-state index in [9.17, 15) is 14.4 Å². The Labute approximate surface area is 277 Å². The number of amides is 3. The van der Waals surface area contributed by atoms with Gasteiger partial charge in [0.1, 0.15) is 0 Å². The molecular weight excluding hydrogens is 602 g/mol. The minimum atomic E-state index is -1.88. The molecule has 0 bridgehead atoms. The number of likely N-dealkylation sites (N-methyl/N-ethyl adjacent to an activating group) is 2. The minimum Gasteiger partial charge on any atom is -0.381 e. The van der Waals surface area contributed by atoms with Crippen LogP contribution in [0, 0.1) is 11.8 Å². The van der Waals surface area contributed by atoms with Crippen molar-refractivity contribution in [3.05, 3.63) is 70.8 Å². The highest BCUT2D eigenvalue weighted by atomic mass is 16.8. The zero-order valence-electron chi connectivity index (χ0n) is 27.7. The third-order valence-corrected chi connectivity index (χ3v) is 8.35. The molecule has 4 rings (SSSR count). The molecule has 254 valence electrons. The molecule has 2 aromatic rings. The first-order valence-corrected chi connectivity index (χ1v) is 16.4. The van der Waals surface area contributed by atoms with Crippen molar-refractivity contribution in [2.45, 2.75) is 76.4 Å². The first-order valence-electron chi connectivity index (χ1n) is 16.4. The molecule has 0 saturated carbocycles. The number of nitrogens with one attached hydrogen (secondary N) is 2. The predicted octanol–water partition coefficient (Wildman–Crippen LogP) is 3.73. The van der Waals surface area contributed by atoms with Crippen LogP contribution in [0.4, 0.5) is 0 Å². The summed E-state index contributed by atoms with van der Waals surface area (Å²) in [6, 6.07) is 14.7. The van der Waals surface area contributed by atoms with Crippen LogP contribution in [-0.4, -0.2) is 87.9 Å². The molecule has 11 heteroatoms. The highest BCUT2D eigenvalue weighted by Gasteiger charge is 2.47. The molecule has 2 N–H and O–H groups in total. The number of ether oxygens (including phenoxy) is 4. The van der Waals surface area contributed by atoms with Crippen molar-refractivity contribution < 1.29 is 38.2 Å². The van der Waals surface area contributed by atoms with E-state index in [0.29, 0.717) is 44.0 Å². The van der Waals surface area contributed by atoms with Crippen LogP contribution in [-0.2, 0) is 39.8 Å². The van der Waals surface area contributed by atoms with Gasteiger partial charge in [-0.05, 0) is 93.8 Å². The van der Waals surface area contributed by atoms with E-state index in [1.54, 1.807) is 24.3 Å². The number of hydroxylamine groups is 1. The average Bonchev–Trinajstić information content (AvgIpc) is 3.12. The number of benzene rings is 2. The lowest BCUT2D eigenvalue weighted by molar-refractivity contribution is -0.204. The maximum atomic E-state index is 13.4. The predicted molar refractivity (Wildman–Crippen MR) is 175 cm³/mol. The summed E-state index contributed by atoms with van der Waals surface area (Å²) in [5.41, 5.74) is 3.49. The lowest BCUT2D eigenvalue weighted by Gasteiger charge is -2.36. The molecule has 3 unspecified atom stereocenters. The molecular formula is C36H47N3O8. The number of rotatable bonds is 14. The molecule has 11 nitrogen and oxygen atoms in total. The maximum absolute atomic E-state index is 13.4. The van der Waals surface area contributed by atoms with Crippen LogP contribution in [0.15, 0.2) is 48.5 Å². The standard InChI is InChI=1S/C36H47N3O8/c1-36(34(41)37-2,35(42)38-47-32-10-5-7-24-46-32)39(3)33(40)30-19-17-28(18-20-30)12-11-27-13-15-29(16-14-27)21-26-43-22-8-25-45-31-9-4-6-23-44-31/h13-20,31-32H,4-10,21-26H2,1-3H3,(H,37,41)(H,38,42). The van der Waals surface area contributed by atoms with Gasteiger partial charge in [0, 0.05) is 57.0 Å². The maximum Gasteiger partial charge on any atom is 0.279 e. The Hall–Kier alpha value is -3.79. The third kappa shape index (κ3) is 10.6. The van der Waals surface area contributed by atoms with Gasteiger partial charge in [-0.25, -0.2) is 10.3 Å². The van der Waals surface area contributed by atoms with Crippen molar-refractivity contribution in [1.82, 2.24) is 15.7 Å². The van der Waals surface area contributed by atoms with Crippen molar-refractivity contribution in [3.63, 3.8) is 0 Å². The SMILES string of the molecule is CNC(=O)C(C)(C(=O)NOC1CCCCO1)N(C)C(=O)c1ccc(C#Cc2ccc(CCOCCCOC3CCCCO3)cc2)cc1. The second kappa shape index (κ2) is 18.5. The Morgan fingerprint density at radius 3 is 2.06 bits per heavy atom. The van der Waals surface area contributed by atoms with E-state index in [4.69, 9.17) is 23.8 Å². The molecule has 0 aliphatic carbocycles. The van der Waals surface area contributed by atoms with Crippen molar-refractivity contribution in [3.8, 4) is 11.8 Å². The molecule has 2 aliphatic heterocycles. The molecule has 47 heavy (non-hydrogen) atoms. The summed E-state index contributed by atoms with van der Waals surface area (Å²) in [6.07, 6.45) is 6.71. The van der Waals surface area contributed by atoms with Crippen molar-refractivity contribution >= 4 is 17.7 Å². The molecule has 2 aliphatic rings. The highest BCUT2D eigenvalue weighted by Crippen LogP contribution is 2.20. The lowest BCUT2D eigenvalue weighted by Crippen LogP contribution is -2.65. The summed E-state index contributed by atoms with van der Waals surface area (Å²) < 4.78 is 22.5. The van der Waals surface area contributed by atoms with Crippen LogP contribution in [0.5, 0.6) is 0 Å². The van der Waals surface area contributed by atoms with Gasteiger partial charge in [-0.3, -0.25) is 14.4 Å². The van der Waals surface area contributed by atoms with E-state index < -0.39 is 29.6 Å². The van der Waals surface area contributed by atoms with Crippen LogP contribution in [0.1, 0.15) is 78.9 Å². The normalized spacial score (nSPS) is 19.0. The topological polar surface area (TPSA) is 125 Å². The van der Waals surface area contributed by atoms with Crippen molar-refractivity contribution in [2.24, 2.45) is 0 Å². The van der Waals surface area contributed by atoms with Gasteiger partial charge in [0.2, 0.25) is 0 Å². The molecule has 0 spiro atoms. The van der Waals surface area contributed by atoms with Crippen LogP contribution in [0.2, 0.25) is 0 Å². The van der Waals surface area contributed by atoms with Gasteiger partial charge in [-0.15, -0.1) is 0 Å². The number of nitrogens with zero attached hydrogens (tertiary/aromatic N) is 1. The molecule has 0 radical (unpaired) electrons. The van der Waals surface area contributed by atoms with E-state index in [0.717, 1.165) is 55.6 Å². The second-order valence-corrected chi connectivity index (χ2v) is 11.8. The van der Waals surface area contributed by atoms with Crippen LogP contribution in [0.25, 0.3) is 0 Å². The number of carbonyl (C=O) groups excluding carboxylic acids is 3. The summed E-state index contributed by atoms with van der Waals surface area (Å²) in [6.45, 7) is 4.64. The fourth-order valence-electron chi connectivity index (χ4n) is 5.18. The Morgan fingerprint density at radius 2 is 1.47 bits per heavy atom. The highest BCUT2D eigenvalue weighted by molar-refractivity contribution is 6.12. The van der Waals surface area contributed by atoms with Gasteiger partial charge in [0.25, 0.3) is 17.7 Å². The molecule has 3 amide bonds. The van der Waals surface area contributed by atoms with Gasteiger partial charge >= 0.3 is 0 Å². The first-order chi connectivity index (χ1) is 22.8. The van der Waals surface area contributed by atoms with E-state index >= 15 is 0 Å². The Bertz CT molecular complexity index is 1360. The van der Waals surface area contributed by atoms with Crippen LogP contribution >= 0.6 is 0 Å². The van der Waals surface area contributed by atoms with E-state index in [-0.39, 0.29) is 6.29 Å². The lowest BCUT2D eigenvalue weighted by atomic mass is 9.96. The zero-order valence-corrected chi connectivity index (χ0v) is 27.7. The van der Waals surface area contributed by atoms with Crippen LogP contribution < -0.4 is 10.8 Å². The van der Waals surface area contributed by atoms with Crippen molar-refractivity contribution in [1.29, 1.82) is 0 Å².